The summed E-state index contributed by atoms with van der Waals surface area (Å²) in [6.07, 6.45) is -7.11. The van der Waals surface area contributed by atoms with Crippen molar-refractivity contribution in [3.05, 3.63) is 47.4 Å². The number of carbonyl (C=O) groups excluding carboxylic acids is 4. The first-order valence-electron chi connectivity index (χ1n) is 10.5. The molecule has 0 radical (unpaired) electrons. The van der Waals surface area contributed by atoms with Gasteiger partial charge in [-0.2, -0.15) is 13.2 Å². The van der Waals surface area contributed by atoms with E-state index < -0.39 is 48.4 Å². The Morgan fingerprint density at radius 3 is 2.38 bits per heavy atom. The van der Waals surface area contributed by atoms with E-state index in [-0.39, 0.29) is 41.7 Å². The summed E-state index contributed by atoms with van der Waals surface area (Å²) in [4.78, 5) is 64.6. The van der Waals surface area contributed by atoms with Crippen LogP contribution in [-0.4, -0.2) is 60.1 Å². The van der Waals surface area contributed by atoms with Crippen molar-refractivity contribution in [1.29, 1.82) is 5.41 Å². The van der Waals surface area contributed by atoms with Crippen LogP contribution in [0.25, 0.3) is 0 Å². The van der Waals surface area contributed by atoms with E-state index in [0.717, 1.165) is 0 Å². The van der Waals surface area contributed by atoms with Gasteiger partial charge in [0, 0.05) is 18.4 Å². The van der Waals surface area contributed by atoms with Gasteiger partial charge in [-0.15, -0.1) is 0 Å². The summed E-state index contributed by atoms with van der Waals surface area (Å²) < 4.78 is 51.7. The first-order chi connectivity index (χ1) is 18.2. The number of hydrogen-bond donors (Lipinski definition) is 4. The summed E-state index contributed by atoms with van der Waals surface area (Å²) >= 11 is 0. The molecule has 0 aliphatic carbocycles. The largest absolute Gasteiger partial charge is 0.495 e. The van der Waals surface area contributed by atoms with Crippen LogP contribution in [0.2, 0.25) is 0 Å². The summed E-state index contributed by atoms with van der Waals surface area (Å²) in [6.45, 7) is 0. The minimum absolute atomic E-state index is 0.0104. The number of methoxy groups -OCH3 is 1. The molecule has 0 aliphatic rings. The molecule has 5 N–H and O–H groups in total. The van der Waals surface area contributed by atoms with Crippen LogP contribution in [0.15, 0.2) is 34.7 Å². The molecule has 2 rings (SSSR count). The van der Waals surface area contributed by atoms with E-state index in [1.54, 1.807) is 0 Å². The number of aliphatic carboxylic acids is 1. The standard InChI is InChI=1S/C22H20F3N3O11/c1-35-15-8-10(18(26)27)2-5-13(15)37-20(33)14-6-3-11(36-14)4-7-16(29)28-12(19(31)32)9-17(30)38-39-21(34)22(23,24)25/h2-3,5-6,8,12H,4,7,9H2,1H3,(H3,26,27)(H,28,29)(H,31,32)/t12-/m0/s1. The van der Waals surface area contributed by atoms with E-state index in [2.05, 4.69) is 9.78 Å². The molecule has 2 aromatic rings. The Balaban J connectivity index is 1.90. The van der Waals surface area contributed by atoms with Crippen LogP contribution in [0.3, 0.4) is 0 Å². The molecule has 1 atom stereocenters. The number of carboxylic acid groups (broad SMARTS) is 1. The highest BCUT2D eigenvalue weighted by Gasteiger charge is 2.43. The molecular weight excluding hydrogens is 539 g/mol. The van der Waals surface area contributed by atoms with E-state index in [4.69, 9.17) is 30.1 Å². The van der Waals surface area contributed by atoms with Crippen LogP contribution in [0.1, 0.15) is 34.7 Å². The highest BCUT2D eigenvalue weighted by Crippen LogP contribution is 2.29. The molecule has 14 nitrogen and oxygen atoms in total. The fourth-order valence-electron chi connectivity index (χ4n) is 2.73. The maximum Gasteiger partial charge on any atom is 0.495 e. The second-order valence-electron chi connectivity index (χ2n) is 7.42. The lowest BCUT2D eigenvalue weighted by Crippen LogP contribution is -2.42. The van der Waals surface area contributed by atoms with Crippen molar-refractivity contribution in [3.63, 3.8) is 0 Å². The Hall–Kier alpha value is -5.09. The van der Waals surface area contributed by atoms with Gasteiger partial charge in [-0.05, 0) is 30.3 Å². The van der Waals surface area contributed by atoms with Crippen LogP contribution in [-0.2, 0) is 35.4 Å². The molecule has 0 unspecified atom stereocenters. The van der Waals surface area contributed by atoms with Gasteiger partial charge in [0.1, 0.15) is 17.6 Å². The van der Waals surface area contributed by atoms with Crippen molar-refractivity contribution in [1.82, 2.24) is 5.32 Å². The second kappa shape index (κ2) is 12.9. The first-order valence-corrected chi connectivity index (χ1v) is 10.5. The van der Waals surface area contributed by atoms with Crippen molar-refractivity contribution in [2.24, 2.45) is 5.73 Å². The maximum absolute atomic E-state index is 12.4. The Bertz CT molecular complexity index is 1270. The molecule has 1 aromatic carbocycles. The monoisotopic (exact) mass is 559 g/mol. The van der Waals surface area contributed by atoms with Crippen molar-refractivity contribution in [2.45, 2.75) is 31.5 Å². The van der Waals surface area contributed by atoms with E-state index >= 15 is 0 Å². The number of alkyl halides is 3. The van der Waals surface area contributed by atoms with E-state index in [1.807, 2.05) is 5.32 Å². The number of hydrogen-bond acceptors (Lipinski definition) is 11. The number of esters is 1. The van der Waals surface area contributed by atoms with Gasteiger partial charge in [0.15, 0.2) is 11.5 Å². The minimum Gasteiger partial charge on any atom is -0.493 e. The number of rotatable bonds is 11. The molecule has 0 fully saturated rings. The number of aryl methyl sites for hydroxylation is 1. The van der Waals surface area contributed by atoms with Gasteiger partial charge in [-0.25, -0.2) is 29.0 Å². The number of nitrogens with two attached hydrogens (primary N) is 1. The van der Waals surface area contributed by atoms with Gasteiger partial charge in [0.05, 0.1) is 13.5 Å². The number of carboxylic acids is 1. The first kappa shape index (κ1) is 30.1. The quantitative estimate of drug-likeness (QED) is 0.0764. The molecule has 1 amide bonds. The van der Waals surface area contributed by atoms with Gasteiger partial charge in [0.25, 0.3) is 0 Å². The van der Waals surface area contributed by atoms with Crippen LogP contribution < -0.4 is 20.5 Å². The van der Waals surface area contributed by atoms with E-state index in [9.17, 15) is 37.1 Å². The highest BCUT2D eigenvalue weighted by atomic mass is 19.4. The average molecular weight is 559 g/mol. The Morgan fingerprint density at radius 1 is 1.10 bits per heavy atom. The molecule has 39 heavy (non-hydrogen) atoms. The zero-order chi connectivity index (χ0) is 29.3. The van der Waals surface area contributed by atoms with Crippen LogP contribution in [0, 0.1) is 5.41 Å². The molecule has 0 aliphatic heterocycles. The number of halogens is 3. The molecule has 1 heterocycles. The second-order valence-corrected chi connectivity index (χ2v) is 7.42. The number of carbonyl (C=O) groups is 5. The number of benzene rings is 1. The Labute approximate surface area is 216 Å². The number of amides is 1. The SMILES string of the molecule is COc1cc(C(=N)N)ccc1OC(=O)c1ccc(CCC(=O)N[C@@H](CC(=O)OOC(=O)C(F)(F)F)C(=O)O)o1. The summed E-state index contributed by atoms with van der Waals surface area (Å²) in [5.41, 5.74) is 5.74. The molecule has 0 saturated carbocycles. The number of nitrogen functional groups attached to an aromatic ring is 1. The van der Waals surface area contributed by atoms with E-state index in [0.29, 0.717) is 5.56 Å². The van der Waals surface area contributed by atoms with Crippen molar-refractivity contribution >= 4 is 35.6 Å². The van der Waals surface area contributed by atoms with Crippen LogP contribution in [0.5, 0.6) is 11.5 Å². The molecule has 0 bridgehead atoms. The fraction of sp³-hybridized carbons (Fsp3) is 0.273. The number of nitrogens with one attached hydrogen (secondary N) is 2. The molecule has 0 saturated heterocycles. The smallest absolute Gasteiger partial charge is 0.493 e. The number of furan rings is 1. The van der Waals surface area contributed by atoms with Crippen LogP contribution in [0.4, 0.5) is 13.2 Å². The molecule has 0 spiro atoms. The number of amidine groups is 1. The topological polar surface area (TPSA) is 218 Å². The molecular formula is C22H20F3N3O11. The van der Waals surface area contributed by atoms with Crippen molar-refractivity contribution in [2.75, 3.05) is 7.11 Å². The Kier molecular flexibility index (Phi) is 9.99. The lowest BCUT2D eigenvalue weighted by atomic mass is 10.2. The minimum atomic E-state index is -5.45. The normalized spacial score (nSPS) is 11.6. The van der Waals surface area contributed by atoms with Gasteiger partial charge in [-0.3, -0.25) is 10.2 Å². The third-order valence-electron chi connectivity index (χ3n) is 4.58. The van der Waals surface area contributed by atoms with Crippen LogP contribution >= 0.6 is 0 Å². The third-order valence-corrected chi connectivity index (χ3v) is 4.58. The van der Waals surface area contributed by atoms with Gasteiger partial charge in [-0.1, -0.05) is 0 Å². The lowest BCUT2D eigenvalue weighted by Gasteiger charge is -2.13. The maximum atomic E-state index is 12.4. The predicted molar refractivity (Wildman–Crippen MR) is 118 cm³/mol. The zero-order valence-electron chi connectivity index (χ0n) is 19.8. The van der Waals surface area contributed by atoms with Crippen molar-refractivity contribution < 1.29 is 65.9 Å². The molecule has 210 valence electrons. The third kappa shape index (κ3) is 9.06. The summed E-state index contributed by atoms with van der Waals surface area (Å²) in [7, 11) is 1.31. The van der Waals surface area contributed by atoms with Crippen molar-refractivity contribution in [3.8, 4) is 11.5 Å². The summed E-state index contributed by atoms with van der Waals surface area (Å²) in [5, 5.41) is 18.5. The molecule has 1 aromatic heterocycles. The average Bonchev–Trinajstić information content (AvgIpc) is 3.34. The summed E-state index contributed by atoms with van der Waals surface area (Å²) in [5.74, 6) is -8.27. The highest BCUT2D eigenvalue weighted by molar-refractivity contribution is 5.96. The van der Waals surface area contributed by atoms with E-state index in [1.165, 1.54) is 37.4 Å². The fourth-order valence-corrected chi connectivity index (χ4v) is 2.73. The van der Waals surface area contributed by atoms with Gasteiger partial charge in [0.2, 0.25) is 11.7 Å². The predicted octanol–water partition coefficient (Wildman–Crippen LogP) is 1.25. The molecule has 17 heteroatoms. The number of ether oxygens (including phenoxy) is 2. The van der Waals surface area contributed by atoms with Gasteiger partial charge >= 0.3 is 30.1 Å². The lowest BCUT2D eigenvalue weighted by molar-refractivity contribution is -0.286. The summed E-state index contributed by atoms with van der Waals surface area (Å²) in [6, 6.07) is 4.86. The van der Waals surface area contributed by atoms with Gasteiger partial charge < -0.3 is 30.0 Å². The zero-order valence-corrected chi connectivity index (χ0v) is 19.8. The Morgan fingerprint density at radius 2 is 1.79 bits per heavy atom.